The van der Waals surface area contributed by atoms with E-state index in [-0.39, 0.29) is 11.5 Å². The van der Waals surface area contributed by atoms with Crippen LogP contribution in [0, 0.1) is 5.41 Å². The molecule has 1 aliphatic heterocycles. The smallest absolute Gasteiger partial charge is 0.163 e. The standard InChI is InChI=1S/C14H22O3/c1-13(2)7-5-11(6-8-13)15-9-12-10-16-14(3,4)17-12/h5-7,12H,8-10H2,1-4H3/t12-/m0/s1. The molecule has 96 valence electrons. The Morgan fingerprint density at radius 1 is 1.35 bits per heavy atom. The van der Waals surface area contributed by atoms with Gasteiger partial charge >= 0.3 is 0 Å². The fourth-order valence-electron chi connectivity index (χ4n) is 1.95. The molecule has 0 amide bonds. The number of ether oxygens (including phenoxy) is 3. The lowest BCUT2D eigenvalue weighted by Gasteiger charge is -2.23. The van der Waals surface area contributed by atoms with Crippen molar-refractivity contribution in [3.05, 3.63) is 24.0 Å². The Balaban J connectivity index is 1.77. The van der Waals surface area contributed by atoms with E-state index in [2.05, 4.69) is 26.0 Å². The van der Waals surface area contributed by atoms with E-state index in [1.165, 1.54) is 0 Å². The van der Waals surface area contributed by atoms with Crippen molar-refractivity contribution < 1.29 is 14.2 Å². The van der Waals surface area contributed by atoms with E-state index in [4.69, 9.17) is 14.2 Å². The molecular formula is C14H22O3. The summed E-state index contributed by atoms with van der Waals surface area (Å²) in [5, 5.41) is 0. The Bertz CT molecular complexity index is 339. The van der Waals surface area contributed by atoms with Crippen molar-refractivity contribution in [1.82, 2.24) is 0 Å². The van der Waals surface area contributed by atoms with E-state index in [0.29, 0.717) is 13.2 Å². The Labute approximate surface area is 103 Å². The van der Waals surface area contributed by atoms with Gasteiger partial charge in [-0.15, -0.1) is 0 Å². The van der Waals surface area contributed by atoms with Crippen LogP contribution in [0.3, 0.4) is 0 Å². The molecule has 0 spiro atoms. The van der Waals surface area contributed by atoms with Gasteiger partial charge in [0.05, 0.1) is 6.61 Å². The van der Waals surface area contributed by atoms with Crippen molar-refractivity contribution in [3.63, 3.8) is 0 Å². The lowest BCUT2D eigenvalue weighted by Crippen LogP contribution is -2.24. The van der Waals surface area contributed by atoms with Crippen molar-refractivity contribution >= 4 is 0 Å². The number of allylic oxidation sites excluding steroid dienone is 3. The average Bonchev–Trinajstić information content (AvgIpc) is 2.57. The maximum absolute atomic E-state index is 5.72. The van der Waals surface area contributed by atoms with E-state index >= 15 is 0 Å². The molecule has 0 bridgehead atoms. The molecule has 0 aromatic carbocycles. The first-order valence-corrected chi connectivity index (χ1v) is 6.20. The number of hydrogen-bond acceptors (Lipinski definition) is 3. The van der Waals surface area contributed by atoms with Gasteiger partial charge in [-0.1, -0.05) is 19.9 Å². The lowest BCUT2D eigenvalue weighted by atomic mass is 9.86. The second kappa shape index (κ2) is 4.46. The minimum atomic E-state index is -0.465. The molecule has 1 fully saturated rings. The van der Waals surface area contributed by atoms with Crippen LogP contribution in [-0.2, 0) is 14.2 Å². The fourth-order valence-corrected chi connectivity index (χ4v) is 1.95. The molecule has 1 saturated heterocycles. The van der Waals surface area contributed by atoms with E-state index in [1.807, 2.05) is 19.9 Å². The summed E-state index contributed by atoms with van der Waals surface area (Å²) in [6, 6.07) is 0. The highest BCUT2D eigenvalue weighted by Gasteiger charge is 2.33. The highest BCUT2D eigenvalue weighted by molar-refractivity contribution is 5.20. The van der Waals surface area contributed by atoms with Crippen molar-refractivity contribution in [1.29, 1.82) is 0 Å². The Morgan fingerprint density at radius 3 is 2.65 bits per heavy atom. The molecule has 0 aromatic rings. The van der Waals surface area contributed by atoms with Crippen LogP contribution in [0.1, 0.15) is 34.1 Å². The summed E-state index contributed by atoms with van der Waals surface area (Å²) in [4.78, 5) is 0. The third-order valence-electron chi connectivity index (χ3n) is 3.03. The predicted octanol–water partition coefficient (Wildman–Crippen LogP) is 3.02. The Morgan fingerprint density at radius 2 is 2.12 bits per heavy atom. The number of rotatable bonds is 3. The molecule has 0 radical (unpaired) electrons. The monoisotopic (exact) mass is 238 g/mol. The summed E-state index contributed by atoms with van der Waals surface area (Å²) in [5.41, 5.74) is 0.252. The molecule has 2 aliphatic rings. The first-order chi connectivity index (χ1) is 7.86. The van der Waals surface area contributed by atoms with Gasteiger partial charge in [0.15, 0.2) is 5.79 Å². The van der Waals surface area contributed by atoms with Crippen molar-refractivity contribution in [2.24, 2.45) is 5.41 Å². The van der Waals surface area contributed by atoms with Crippen LogP contribution in [0.5, 0.6) is 0 Å². The van der Waals surface area contributed by atoms with Crippen LogP contribution in [0.2, 0.25) is 0 Å². The first-order valence-electron chi connectivity index (χ1n) is 6.20. The quantitative estimate of drug-likeness (QED) is 0.756. The maximum Gasteiger partial charge on any atom is 0.163 e. The highest BCUT2D eigenvalue weighted by atomic mass is 16.7. The van der Waals surface area contributed by atoms with Gasteiger partial charge in [-0.3, -0.25) is 0 Å². The van der Waals surface area contributed by atoms with Gasteiger partial charge in [-0.25, -0.2) is 0 Å². The van der Waals surface area contributed by atoms with Crippen LogP contribution < -0.4 is 0 Å². The predicted molar refractivity (Wildman–Crippen MR) is 66.5 cm³/mol. The maximum atomic E-state index is 5.72. The SMILES string of the molecule is CC1(C)C=CC(OC[C@H]2COC(C)(C)O2)=CC1. The summed E-state index contributed by atoms with van der Waals surface area (Å²) in [5.74, 6) is 0.477. The molecule has 0 saturated carbocycles. The first kappa shape index (κ1) is 12.7. The van der Waals surface area contributed by atoms with Gasteiger partial charge < -0.3 is 14.2 Å². The van der Waals surface area contributed by atoms with E-state index in [0.717, 1.165) is 12.2 Å². The fraction of sp³-hybridized carbons (Fsp3) is 0.714. The van der Waals surface area contributed by atoms with Crippen LogP contribution in [0.4, 0.5) is 0 Å². The molecule has 0 N–H and O–H groups in total. The Kier molecular flexibility index (Phi) is 3.32. The van der Waals surface area contributed by atoms with E-state index in [1.54, 1.807) is 0 Å². The van der Waals surface area contributed by atoms with Crippen LogP contribution >= 0.6 is 0 Å². The topological polar surface area (TPSA) is 27.7 Å². The van der Waals surface area contributed by atoms with Crippen molar-refractivity contribution in [2.45, 2.75) is 46.0 Å². The van der Waals surface area contributed by atoms with Gasteiger partial charge in [-0.05, 0) is 37.8 Å². The largest absolute Gasteiger partial charge is 0.491 e. The van der Waals surface area contributed by atoms with Gasteiger partial charge in [-0.2, -0.15) is 0 Å². The third kappa shape index (κ3) is 3.58. The summed E-state index contributed by atoms with van der Waals surface area (Å²) in [7, 11) is 0. The molecule has 1 aliphatic carbocycles. The van der Waals surface area contributed by atoms with Gasteiger partial charge in [0.2, 0.25) is 0 Å². The molecule has 3 nitrogen and oxygen atoms in total. The summed E-state index contributed by atoms with van der Waals surface area (Å²) < 4.78 is 16.9. The normalized spacial score (nSPS) is 30.1. The minimum absolute atomic E-state index is 0.0363. The van der Waals surface area contributed by atoms with Crippen LogP contribution in [-0.4, -0.2) is 25.1 Å². The molecule has 2 rings (SSSR count). The molecular weight excluding hydrogens is 216 g/mol. The second-order valence-corrected chi connectivity index (χ2v) is 5.89. The summed E-state index contributed by atoms with van der Waals surface area (Å²) >= 11 is 0. The highest BCUT2D eigenvalue weighted by Crippen LogP contribution is 2.29. The van der Waals surface area contributed by atoms with Gasteiger partial charge in [0, 0.05) is 0 Å². The molecule has 0 aromatic heterocycles. The molecule has 0 unspecified atom stereocenters. The van der Waals surface area contributed by atoms with E-state index in [9.17, 15) is 0 Å². The number of hydrogen-bond donors (Lipinski definition) is 0. The molecule has 17 heavy (non-hydrogen) atoms. The summed E-state index contributed by atoms with van der Waals surface area (Å²) in [6.07, 6.45) is 7.44. The average molecular weight is 238 g/mol. The van der Waals surface area contributed by atoms with Crippen LogP contribution in [0.15, 0.2) is 24.0 Å². The molecule has 1 heterocycles. The van der Waals surface area contributed by atoms with Gasteiger partial charge in [0.25, 0.3) is 0 Å². The minimum Gasteiger partial charge on any atom is -0.491 e. The van der Waals surface area contributed by atoms with Gasteiger partial charge in [0.1, 0.15) is 18.5 Å². The van der Waals surface area contributed by atoms with Crippen LogP contribution in [0.25, 0.3) is 0 Å². The van der Waals surface area contributed by atoms with Crippen molar-refractivity contribution in [3.8, 4) is 0 Å². The zero-order chi connectivity index (χ0) is 12.5. The third-order valence-corrected chi connectivity index (χ3v) is 3.03. The molecule has 1 atom stereocenters. The zero-order valence-electron chi connectivity index (χ0n) is 11.2. The van der Waals surface area contributed by atoms with E-state index < -0.39 is 5.79 Å². The summed E-state index contributed by atoms with van der Waals surface area (Å²) in [6.45, 7) is 9.45. The molecule has 3 heteroatoms. The van der Waals surface area contributed by atoms with Crippen molar-refractivity contribution in [2.75, 3.05) is 13.2 Å². The second-order valence-electron chi connectivity index (χ2n) is 5.89. The Hall–Kier alpha value is -0.800. The lowest BCUT2D eigenvalue weighted by molar-refractivity contribution is -0.143. The zero-order valence-corrected chi connectivity index (χ0v) is 11.2.